The number of imidazole rings is 1. The summed E-state index contributed by atoms with van der Waals surface area (Å²) in [5, 5.41) is 3.77. The monoisotopic (exact) mass is 301 g/mol. The first-order valence-corrected chi connectivity index (χ1v) is 7.25. The Morgan fingerprint density at radius 3 is 2.95 bits per heavy atom. The topological polar surface area (TPSA) is 55.1 Å². The average molecular weight is 302 g/mol. The van der Waals surface area contributed by atoms with E-state index in [4.69, 9.17) is 11.6 Å². The number of fused-ring (bicyclic) bond motifs is 1. The van der Waals surface area contributed by atoms with Crippen LogP contribution in [0.4, 0.5) is 0 Å². The summed E-state index contributed by atoms with van der Waals surface area (Å²) in [4.78, 5) is 13.0. The maximum Gasteiger partial charge on any atom is 0.174 e. The molecule has 0 aliphatic heterocycles. The second kappa shape index (κ2) is 5.79. The summed E-state index contributed by atoms with van der Waals surface area (Å²) >= 11 is 6.17. The molecule has 3 aromatic heterocycles. The van der Waals surface area contributed by atoms with Gasteiger partial charge in [-0.15, -0.1) is 0 Å². The number of hydrogen-bond acceptors (Lipinski definition) is 4. The lowest BCUT2D eigenvalue weighted by molar-refractivity contribution is 0.597. The SMILES string of the molecule is CCNC(C)c1ccnc(-c2cn3ccnc3c(Cl)n2)c1. The third-order valence-corrected chi connectivity index (χ3v) is 3.64. The lowest BCUT2D eigenvalue weighted by Crippen LogP contribution is -2.17. The van der Waals surface area contributed by atoms with E-state index in [2.05, 4.69) is 34.1 Å². The highest BCUT2D eigenvalue weighted by molar-refractivity contribution is 6.32. The molecule has 1 N–H and O–H groups in total. The van der Waals surface area contributed by atoms with E-state index in [1.165, 1.54) is 5.56 Å². The molecule has 108 valence electrons. The van der Waals surface area contributed by atoms with Crippen molar-refractivity contribution >= 4 is 17.2 Å². The van der Waals surface area contributed by atoms with Crippen molar-refractivity contribution in [3.05, 3.63) is 47.6 Å². The van der Waals surface area contributed by atoms with Gasteiger partial charge in [-0.25, -0.2) is 9.97 Å². The minimum absolute atomic E-state index is 0.268. The number of nitrogens with zero attached hydrogens (tertiary/aromatic N) is 4. The molecule has 3 heterocycles. The second-order valence-electron chi connectivity index (χ2n) is 4.83. The molecule has 0 aliphatic rings. The predicted octanol–water partition coefficient (Wildman–Crippen LogP) is 3.12. The fourth-order valence-corrected chi connectivity index (χ4v) is 2.53. The number of rotatable bonds is 4. The quantitative estimate of drug-likeness (QED) is 0.804. The van der Waals surface area contributed by atoms with E-state index in [-0.39, 0.29) is 6.04 Å². The van der Waals surface area contributed by atoms with E-state index in [1.54, 1.807) is 12.4 Å². The lowest BCUT2D eigenvalue weighted by atomic mass is 10.1. The van der Waals surface area contributed by atoms with E-state index in [0.717, 1.165) is 17.9 Å². The van der Waals surface area contributed by atoms with Crippen LogP contribution in [0.3, 0.4) is 0 Å². The number of nitrogens with one attached hydrogen (secondary N) is 1. The summed E-state index contributed by atoms with van der Waals surface area (Å²) in [5.41, 5.74) is 3.36. The zero-order valence-electron chi connectivity index (χ0n) is 11.9. The minimum Gasteiger partial charge on any atom is -0.310 e. The third-order valence-electron chi connectivity index (χ3n) is 3.39. The van der Waals surface area contributed by atoms with Crippen LogP contribution in [0.2, 0.25) is 5.15 Å². The molecule has 6 heteroatoms. The molecule has 0 aliphatic carbocycles. The number of halogens is 1. The lowest BCUT2D eigenvalue weighted by Gasteiger charge is -2.13. The maximum absolute atomic E-state index is 6.17. The Hall–Kier alpha value is -1.98. The summed E-state index contributed by atoms with van der Waals surface area (Å²) in [7, 11) is 0. The third kappa shape index (κ3) is 2.75. The Morgan fingerprint density at radius 2 is 2.14 bits per heavy atom. The van der Waals surface area contributed by atoms with E-state index in [0.29, 0.717) is 10.8 Å². The normalized spacial score (nSPS) is 12.7. The van der Waals surface area contributed by atoms with E-state index < -0.39 is 0 Å². The average Bonchev–Trinajstić information content (AvgIpc) is 2.96. The Balaban J connectivity index is 2.03. The standard InChI is InChI=1S/C15H16ClN5/c1-3-17-10(2)11-4-5-18-12(8-11)13-9-21-7-6-19-15(21)14(16)20-13/h4-10,17H,3H2,1-2H3. The van der Waals surface area contributed by atoms with Crippen LogP contribution in [0.15, 0.2) is 36.9 Å². The summed E-state index contributed by atoms with van der Waals surface area (Å²) in [5.74, 6) is 0. The number of aromatic nitrogens is 4. The van der Waals surface area contributed by atoms with E-state index >= 15 is 0 Å². The molecule has 0 saturated heterocycles. The Morgan fingerprint density at radius 1 is 1.29 bits per heavy atom. The first kappa shape index (κ1) is 14.0. The number of pyridine rings is 1. The first-order chi connectivity index (χ1) is 10.2. The van der Waals surface area contributed by atoms with Crippen LogP contribution in [-0.2, 0) is 0 Å². The van der Waals surface area contributed by atoms with Gasteiger partial charge in [0, 0.05) is 30.8 Å². The first-order valence-electron chi connectivity index (χ1n) is 6.88. The van der Waals surface area contributed by atoms with Crippen molar-refractivity contribution in [3.8, 4) is 11.4 Å². The van der Waals surface area contributed by atoms with Crippen molar-refractivity contribution < 1.29 is 0 Å². The molecule has 21 heavy (non-hydrogen) atoms. The highest BCUT2D eigenvalue weighted by Gasteiger charge is 2.10. The van der Waals surface area contributed by atoms with Gasteiger partial charge in [-0.3, -0.25) is 4.98 Å². The predicted molar refractivity (Wildman–Crippen MR) is 83.3 cm³/mol. The van der Waals surface area contributed by atoms with Crippen molar-refractivity contribution in [2.45, 2.75) is 19.9 Å². The van der Waals surface area contributed by atoms with Crippen molar-refractivity contribution in [3.63, 3.8) is 0 Å². The van der Waals surface area contributed by atoms with Gasteiger partial charge in [0.05, 0.1) is 5.69 Å². The Bertz CT molecular complexity index is 768. The molecule has 0 saturated carbocycles. The zero-order chi connectivity index (χ0) is 14.8. The van der Waals surface area contributed by atoms with Gasteiger partial charge in [0.1, 0.15) is 5.69 Å². The molecule has 3 aromatic rings. The minimum atomic E-state index is 0.268. The zero-order valence-corrected chi connectivity index (χ0v) is 12.7. The van der Waals surface area contributed by atoms with Crippen molar-refractivity contribution in [1.29, 1.82) is 0 Å². The fraction of sp³-hybridized carbons (Fsp3) is 0.267. The van der Waals surface area contributed by atoms with Gasteiger partial charge < -0.3 is 9.72 Å². The molecule has 0 aromatic carbocycles. The Kier molecular flexibility index (Phi) is 3.86. The Labute approximate surface area is 128 Å². The summed E-state index contributed by atoms with van der Waals surface area (Å²) in [6, 6.07) is 4.31. The molecule has 1 atom stereocenters. The molecule has 1 unspecified atom stereocenters. The van der Waals surface area contributed by atoms with Crippen LogP contribution in [0.5, 0.6) is 0 Å². The summed E-state index contributed by atoms with van der Waals surface area (Å²) < 4.78 is 1.85. The summed E-state index contributed by atoms with van der Waals surface area (Å²) in [6.45, 7) is 5.14. The van der Waals surface area contributed by atoms with E-state index in [1.807, 2.05) is 28.9 Å². The fourth-order valence-electron chi connectivity index (χ4n) is 2.30. The maximum atomic E-state index is 6.17. The molecule has 0 fully saturated rings. The van der Waals surface area contributed by atoms with Crippen LogP contribution in [0, 0.1) is 0 Å². The molecular formula is C15H16ClN5. The molecule has 5 nitrogen and oxygen atoms in total. The van der Waals surface area contributed by atoms with E-state index in [9.17, 15) is 0 Å². The van der Waals surface area contributed by atoms with Crippen LogP contribution in [0.25, 0.3) is 17.0 Å². The van der Waals surface area contributed by atoms with Crippen molar-refractivity contribution in [2.75, 3.05) is 6.54 Å². The van der Waals surface area contributed by atoms with Crippen LogP contribution >= 0.6 is 11.6 Å². The van der Waals surface area contributed by atoms with Crippen LogP contribution in [-0.4, -0.2) is 25.9 Å². The van der Waals surface area contributed by atoms with Gasteiger partial charge in [-0.05, 0) is 31.2 Å². The van der Waals surface area contributed by atoms with Gasteiger partial charge in [-0.2, -0.15) is 0 Å². The number of hydrogen-bond donors (Lipinski definition) is 1. The van der Waals surface area contributed by atoms with Gasteiger partial charge in [0.25, 0.3) is 0 Å². The molecule has 0 radical (unpaired) electrons. The van der Waals surface area contributed by atoms with Crippen molar-refractivity contribution in [2.24, 2.45) is 0 Å². The molecule has 0 bridgehead atoms. The van der Waals surface area contributed by atoms with Crippen LogP contribution in [0.1, 0.15) is 25.5 Å². The highest BCUT2D eigenvalue weighted by Crippen LogP contribution is 2.22. The molecule has 3 rings (SSSR count). The van der Waals surface area contributed by atoms with Gasteiger partial charge >= 0.3 is 0 Å². The summed E-state index contributed by atoms with van der Waals surface area (Å²) in [6.07, 6.45) is 7.23. The van der Waals surface area contributed by atoms with Gasteiger partial charge in [-0.1, -0.05) is 18.5 Å². The van der Waals surface area contributed by atoms with Crippen LogP contribution < -0.4 is 5.32 Å². The van der Waals surface area contributed by atoms with Gasteiger partial charge in [0.15, 0.2) is 10.8 Å². The van der Waals surface area contributed by atoms with Crippen molar-refractivity contribution in [1.82, 2.24) is 24.7 Å². The largest absolute Gasteiger partial charge is 0.310 e. The van der Waals surface area contributed by atoms with Gasteiger partial charge in [0.2, 0.25) is 0 Å². The molecule has 0 spiro atoms. The second-order valence-corrected chi connectivity index (χ2v) is 5.19. The molecule has 0 amide bonds. The highest BCUT2D eigenvalue weighted by atomic mass is 35.5. The molecular weight excluding hydrogens is 286 g/mol. The smallest absolute Gasteiger partial charge is 0.174 e.